The number of hydrogen-bond acceptors (Lipinski definition) is 3. The van der Waals surface area contributed by atoms with Crippen molar-refractivity contribution in [1.82, 2.24) is 20.0 Å². The van der Waals surface area contributed by atoms with Crippen molar-refractivity contribution in [3.63, 3.8) is 0 Å². The number of carbonyl (C=O) groups excluding carboxylic acids is 1. The lowest BCUT2D eigenvalue weighted by atomic mass is 10.0. The van der Waals surface area contributed by atoms with Crippen LogP contribution in [0.1, 0.15) is 54.7 Å². The van der Waals surface area contributed by atoms with Gasteiger partial charge in [0.15, 0.2) is 0 Å². The first-order chi connectivity index (χ1) is 12.1. The molecule has 0 aliphatic carbocycles. The minimum Gasteiger partial charge on any atom is -0.350 e. The summed E-state index contributed by atoms with van der Waals surface area (Å²) in [6.45, 7) is 6.26. The van der Waals surface area contributed by atoms with Gasteiger partial charge in [-0.1, -0.05) is 18.2 Å². The van der Waals surface area contributed by atoms with E-state index in [1.807, 2.05) is 19.9 Å². The van der Waals surface area contributed by atoms with Crippen LogP contribution in [0.3, 0.4) is 0 Å². The fourth-order valence-corrected chi connectivity index (χ4v) is 3.26. The van der Waals surface area contributed by atoms with Crippen LogP contribution in [0.25, 0.3) is 0 Å². The van der Waals surface area contributed by atoms with Gasteiger partial charge in [0.25, 0.3) is 5.91 Å². The molecule has 2 heterocycles. The van der Waals surface area contributed by atoms with Gasteiger partial charge >= 0.3 is 0 Å². The number of nitrogens with zero attached hydrogens (tertiary/aromatic N) is 3. The van der Waals surface area contributed by atoms with Crippen LogP contribution in [0.2, 0.25) is 0 Å². The average Bonchev–Trinajstić information content (AvgIpc) is 3.28. The molecule has 1 aromatic carbocycles. The summed E-state index contributed by atoms with van der Waals surface area (Å²) in [6, 6.07) is 6.88. The van der Waals surface area contributed by atoms with Crippen LogP contribution in [0, 0.1) is 5.82 Å². The number of rotatable bonds is 6. The van der Waals surface area contributed by atoms with E-state index >= 15 is 0 Å². The number of benzene rings is 1. The van der Waals surface area contributed by atoms with Gasteiger partial charge in [0, 0.05) is 24.3 Å². The fourth-order valence-electron chi connectivity index (χ4n) is 3.26. The van der Waals surface area contributed by atoms with Crippen molar-refractivity contribution in [2.24, 2.45) is 0 Å². The second-order valence-corrected chi connectivity index (χ2v) is 6.79. The van der Waals surface area contributed by atoms with Crippen LogP contribution >= 0.6 is 0 Å². The maximum Gasteiger partial charge on any atom is 0.254 e. The van der Waals surface area contributed by atoms with E-state index in [9.17, 15) is 9.18 Å². The Bertz CT molecular complexity index is 722. The molecule has 6 heteroatoms. The van der Waals surface area contributed by atoms with Crippen LogP contribution in [0.4, 0.5) is 4.39 Å². The molecule has 1 aliphatic heterocycles. The van der Waals surface area contributed by atoms with Crippen LogP contribution in [-0.2, 0) is 0 Å². The van der Waals surface area contributed by atoms with Crippen molar-refractivity contribution >= 4 is 5.91 Å². The summed E-state index contributed by atoms with van der Waals surface area (Å²) in [5, 5.41) is 7.15. The Labute approximate surface area is 147 Å². The van der Waals surface area contributed by atoms with Crippen molar-refractivity contribution in [3.8, 4) is 0 Å². The highest BCUT2D eigenvalue weighted by Gasteiger charge is 2.26. The fraction of sp³-hybridized carbons (Fsp3) is 0.474. The van der Waals surface area contributed by atoms with Gasteiger partial charge in [-0.3, -0.25) is 14.4 Å². The van der Waals surface area contributed by atoms with Gasteiger partial charge in [-0.05, 0) is 45.8 Å². The molecule has 0 unspecified atom stereocenters. The molecular formula is C19H25FN4O. The van der Waals surface area contributed by atoms with Gasteiger partial charge in [0.05, 0.1) is 17.8 Å². The SMILES string of the molecule is CC(C)n1cc(C(=O)NC[C@@H](c2ccccc2F)N2CCCC2)cn1. The maximum absolute atomic E-state index is 14.3. The quantitative estimate of drug-likeness (QED) is 0.876. The maximum atomic E-state index is 14.3. The number of hydrogen-bond donors (Lipinski definition) is 1. The van der Waals surface area contributed by atoms with E-state index in [0.717, 1.165) is 25.9 Å². The first kappa shape index (κ1) is 17.6. The number of nitrogens with one attached hydrogen (secondary N) is 1. The third-order valence-electron chi connectivity index (χ3n) is 4.69. The van der Waals surface area contributed by atoms with Crippen molar-refractivity contribution in [2.45, 2.75) is 38.8 Å². The molecule has 0 radical (unpaired) electrons. The molecule has 1 atom stereocenters. The molecule has 0 spiro atoms. The van der Waals surface area contributed by atoms with Gasteiger partial charge in [0.1, 0.15) is 5.82 Å². The van der Waals surface area contributed by atoms with E-state index in [0.29, 0.717) is 17.7 Å². The van der Waals surface area contributed by atoms with Crippen molar-refractivity contribution in [2.75, 3.05) is 19.6 Å². The molecule has 3 rings (SSSR count). The normalized spacial score (nSPS) is 16.3. The summed E-state index contributed by atoms with van der Waals surface area (Å²) >= 11 is 0. The first-order valence-corrected chi connectivity index (χ1v) is 8.87. The first-order valence-electron chi connectivity index (χ1n) is 8.87. The van der Waals surface area contributed by atoms with E-state index in [2.05, 4.69) is 15.3 Å². The van der Waals surface area contributed by atoms with Crippen LogP contribution in [0.5, 0.6) is 0 Å². The zero-order valence-electron chi connectivity index (χ0n) is 14.8. The minimum atomic E-state index is -0.221. The highest BCUT2D eigenvalue weighted by molar-refractivity contribution is 5.93. The monoisotopic (exact) mass is 344 g/mol. The Morgan fingerprint density at radius 1 is 1.28 bits per heavy atom. The van der Waals surface area contributed by atoms with Crippen LogP contribution < -0.4 is 5.32 Å². The van der Waals surface area contributed by atoms with Gasteiger partial charge in [0.2, 0.25) is 0 Å². The molecule has 5 nitrogen and oxygen atoms in total. The van der Waals surface area contributed by atoms with Crippen molar-refractivity contribution in [3.05, 3.63) is 53.6 Å². The Morgan fingerprint density at radius 3 is 2.64 bits per heavy atom. The molecular weight excluding hydrogens is 319 g/mol. The predicted molar refractivity (Wildman–Crippen MR) is 94.9 cm³/mol. The van der Waals surface area contributed by atoms with Crippen LogP contribution in [-0.4, -0.2) is 40.2 Å². The molecule has 1 aliphatic rings. The van der Waals surface area contributed by atoms with Gasteiger partial charge < -0.3 is 5.32 Å². The third kappa shape index (κ3) is 4.07. The summed E-state index contributed by atoms with van der Waals surface area (Å²) in [5.41, 5.74) is 1.17. The van der Waals surface area contributed by atoms with Gasteiger partial charge in [-0.2, -0.15) is 5.10 Å². The standard InChI is InChI=1S/C19H25FN4O/c1-14(2)24-13-15(11-22-24)19(25)21-12-18(23-9-5-6-10-23)16-7-3-4-8-17(16)20/h3-4,7-8,11,13-14,18H,5-6,9-10,12H2,1-2H3,(H,21,25)/t18-/m0/s1. The van der Waals surface area contributed by atoms with Gasteiger partial charge in [-0.15, -0.1) is 0 Å². The summed E-state index contributed by atoms with van der Waals surface area (Å²) in [7, 11) is 0. The zero-order chi connectivity index (χ0) is 17.8. The number of aromatic nitrogens is 2. The minimum absolute atomic E-state index is 0.146. The molecule has 1 N–H and O–H groups in total. The summed E-state index contributed by atoms with van der Waals surface area (Å²) in [5.74, 6) is -0.395. The number of amides is 1. The smallest absolute Gasteiger partial charge is 0.254 e. The largest absolute Gasteiger partial charge is 0.350 e. The summed E-state index contributed by atoms with van der Waals surface area (Å²) in [6.07, 6.45) is 5.54. The Balaban J connectivity index is 1.72. The Morgan fingerprint density at radius 2 is 2.00 bits per heavy atom. The molecule has 25 heavy (non-hydrogen) atoms. The zero-order valence-corrected chi connectivity index (χ0v) is 14.8. The van der Waals surface area contributed by atoms with Gasteiger partial charge in [-0.25, -0.2) is 4.39 Å². The van der Waals surface area contributed by atoms with E-state index in [4.69, 9.17) is 0 Å². The number of likely N-dealkylation sites (tertiary alicyclic amines) is 1. The predicted octanol–water partition coefficient (Wildman–Crippen LogP) is 3.17. The Hall–Kier alpha value is -2.21. The Kier molecular flexibility index (Phi) is 5.48. The molecule has 1 fully saturated rings. The molecule has 0 bridgehead atoms. The van der Waals surface area contributed by atoms with Crippen LogP contribution in [0.15, 0.2) is 36.7 Å². The average molecular weight is 344 g/mol. The third-order valence-corrected chi connectivity index (χ3v) is 4.69. The second kappa shape index (κ2) is 7.78. The lowest BCUT2D eigenvalue weighted by molar-refractivity contribution is 0.0937. The molecule has 1 aromatic heterocycles. The molecule has 1 saturated heterocycles. The summed E-state index contributed by atoms with van der Waals surface area (Å²) < 4.78 is 16.0. The topological polar surface area (TPSA) is 50.2 Å². The van der Waals surface area contributed by atoms with E-state index in [1.54, 1.807) is 29.2 Å². The molecule has 0 saturated carbocycles. The number of carbonyl (C=O) groups is 1. The lowest BCUT2D eigenvalue weighted by Gasteiger charge is -2.28. The molecule has 2 aromatic rings. The second-order valence-electron chi connectivity index (χ2n) is 6.79. The number of halogens is 1. The molecule has 1 amide bonds. The van der Waals surface area contributed by atoms with E-state index in [-0.39, 0.29) is 23.8 Å². The summed E-state index contributed by atoms with van der Waals surface area (Å²) in [4.78, 5) is 14.7. The van der Waals surface area contributed by atoms with E-state index in [1.165, 1.54) is 6.07 Å². The highest BCUT2D eigenvalue weighted by Crippen LogP contribution is 2.26. The van der Waals surface area contributed by atoms with Crippen molar-refractivity contribution in [1.29, 1.82) is 0 Å². The van der Waals surface area contributed by atoms with Crippen molar-refractivity contribution < 1.29 is 9.18 Å². The van der Waals surface area contributed by atoms with E-state index < -0.39 is 0 Å². The molecule has 134 valence electrons. The highest BCUT2D eigenvalue weighted by atomic mass is 19.1. The lowest BCUT2D eigenvalue weighted by Crippen LogP contribution is -2.37.